The maximum Gasteiger partial charge on any atom is 0.251 e. The number of nitrogens with one attached hydrogen (secondary N) is 3. The van der Waals surface area contributed by atoms with Gasteiger partial charge in [0.25, 0.3) is 5.91 Å². The number of rotatable bonds is 7. The van der Waals surface area contributed by atoms with Crippen molar-refractivity contribution in [1.29, 1.82) is 0 Å². The van der Waals surface area contributed by atoms with Crippen molar-refractivity contribution in [2.45, 2.75) is 20.8 Å². The molecule has 0 atom stereocenters. The van der Waals surface area contributed by atoms with Gasteiger partial charge in [0.2, 0.25) is 0 Å². The summed E-state index contributed by atoms with van der Waals surface area (Å²) < 4.78 is 0.897. The lowest BCUT2D eigenvalue weighted by atomic mass is 10.2. The summed E-state index contributed by atoms with van der Waals surface area (Å²) in [6.45, 7) is 9.05. The molecule has 0 aliphatic rings. The van der Waals surface area contributed by atoms with Crippen molar-refractivity contribution in [3.8, 4) is 0 Å². The third kappa shape index (κ3) is 9.80. The van der Waals surface area contributed by atoms with Crippen molar-refractivity contribution < 1.29 is 4.79 Å². The number of halogens is 2. The van der Waals surface area contributed by atoms with Crippen LogP contribution >= 0.6 is 39.9 Å². The number of benzene rings is 1. The fourth-order valence-electron chi connectivity index (χ4n) is 1.70. The molecule has 0 saturated carbocycles. The molecule has 1 aromatic rings. The predicted octanol–water partition coefficient (Wildman–Crippen LogP) is 3.01. The Morgan fingerprint density at radius 2 is 1.91 bits per heavy atom. The molecule has 0 aliphatic carbocycles. The monoisotopic (exact) mass is 496 g/mol. The van der Waals surface area contributed by atoms with Crippen molar-refractivity contribution in [2.24, 2.45) is 10.9 Å². The average Bonchev–Trinajstić information content (AvgIpc) is 2.48. The largest absolute Gasteiger partial charge is 0.357 e. The second-order valence-electron chi connectivity index (χ2n) is 5.31. The molecule has 1 rings (SSSR count). The molecule has 0 aromatic heterocycles. The lowest BCUT2D eigenvalue weighted by Crippen LogP contribution is -2.41. The highest BCUT2D eigenvalue weighted by molar-refractivity contribution is 14.0. The molecule has 130 valence electrons. The quantitative estimate of drug-likeness (QED) is 0.235. The van der Waals surface area contributed by atoms with E-state index in [9.17, 15) is 4.79 Å². The van der Waals surface area contributed by atoms with E-state index in [1.165, 1.54) is 0 Å². The maximum atomic E-state index is 12.0. The number of nitrogens with zero attached hydrogens (tertiary/aromatic N) is 1. The minimum atomic E-state index is -0.0766. The van der Waals surface area contributed by atoms with Crippen molar-refractivity contribution in [1.82, 2.24) is 16.0 Å². The summed E-state index contributed by atoms with van der Waals surface area (Å²) in [4.78, 5) is 16.5. The van der Waals surface area contributed by atoms with Crippen LogP contribution in [-0.2, 0) is 0 Å². The molecule has 0 heterocycles. The third-order valence-corrected chi connectivity index (χ3v) is 3.24. The molecule has 0 unspecified atom stereocenters. The van der Waals surface area contributed by atoms with Gasteiger partial charge in [-0.2, -0.15) is 0 Å². The van der Waals surface area contributed by atoms with E-state index in [1.54, 1.807) is 12.1 Å². The molecule has 7 heteroatoms. The zero-order valence-electron chi connectivity index (χ0n) is 13.9. The van der Waals surface area contributed by atoms with Crippen LogP contribution in [0.4, 0.5) is 0 Å². The minimum absolute atomic E-state index is 0. The SMILES string of the molecule is CCNC(=NCC(C)C)NCCNC(=O)c1cccc(Br)c1.I. The highest BCUT2D eigenvalue weighted by atomic mass is 127. The molecular weight excluding hydrogens is 471 g/mol. The van der Waals surface area contributed by atoms with Crippen LogP contribution in [0.5, 0.6) is 0 Å². The van der Waals surface area contributed by atoms with E-state index in [1.807, 2.05) is 19.1 Å². The average molecular weight is 497 g/mol. The predicted molar refractivity (Wildman–Crippen MR) is 111 cm³/mol. The molecular formula is C16H26BrIN4O. The Morgan fingerprint density at radius 1 is 1.22 bits per heavy atom. The first-order valence-corrected chi connectivity index (χ1v) is 8.38. The minimum Gasteiger partial charge on any atom is -0.357 e. The Balaban J connectivity index is 0.00000484. The molecule has 3 N–H and O–H groups in total. The van der Waals surface area contributed by atoms with Gasteiger partial charge in [0.15, 0.2) is 5.96 Å². The molecule has 0 aliphatic heterocycles. The molecule has 5 nitrogen and oxygen atoms in total. The number of aliphatic imine (C=N–C) groups is 1. The van der Waals surface area contributed by atoms with Gasteiger partial charge in [-0.15, -0.1) is 24.0 Å². The van der Waals surface area contributed by atoms with Crippen LogP contribution in [0.3, 0.4) is 0 Å². The Labute approximate surface area is 164 Å². The summed E-state index contributed by atoms with van der Waals surface area (Å²) in [6, 6.07) is 7.34. The van der Waals surface area contributed by atoms with Crippen molar-refractivity contribution in [2.75, 3.05) is 26.2 Å². The zero-order chi connectivity index (χ0) is 16.4. The van der Waals surface area contributed by atoms with Crippen LogP contribution in [0.2, 0.25) is 0 Å². The summed E-state index contributed by atoms with van der Waals surface area (Å²) in [5, 5.41) is 9.28. The Hall–Kier alpha value is -0.830. The fourth-order valence-corrected chi connectivity index (χ4v) is 2.10. The summed E-state index contributed by atoms with van der Waals surface area (Å²) in [5.74, 6) is 1.23. The highest BCUT2D eigenvalue weighted by Gasteiger charge is 2.05. The number of carbonyl (C=O) groups is 1. The Kier molecular flexibility index (Phi) is 12.1. The molecule has 0 spiro atoms. The van der Waals surface area contributed by atoms with E-state index < -0.39 is 0 Å². The second kappa shape index (κ2) is 12.6. The molecule has 0 radical (unpaired) electrons. The third-order valence-electron chi connectivity index (χ3n) is 2.75. The number of guanidine groups is 1. The van der Waals surface area contributed by atoms with Crippen LogP contribution in [-0.4, -0.2) is 38.0 Å². The summed E-state index contributed by atoms with van der Waals surface area (Å²) in [6.07, 6.45) is 0. The fraction of sp³-hybridized carbons (Fsp3) is 0.500. The van der Waals surface area contributed by atoms with Crippen molar-refractivity contribution >= 4 is 51.8 Å². The number of hydrogen-bond donors (Lipinski definition) is 3. The Bertz CT molecular complexity index is 509. The van der Waals surface area contributed by atoms with Gasteiger partial charge in [0, 0.05) is 36.2 Å². The van der Waals surface area contributed by atoms with Gasteiger partial charge in [-0.25, -0.2) is 0 Å². The van der Waals surface area contributed by atoms with Crippen LogP contribution in [0, 0.1) is 5.92 Å². The lowest BCUT2D eigenvalue weighted by molar-refractivity contribution is 0.0954. The molecule has 0 fully saturated rings. The van der Waals surface area contributed by atoms with Crippen LogP contribution in [0.25, 0.3) is 0 Å². The standard InChI is InChI=1S/C16H25BrN4O.HI/c1-4-18-16(21-11-12(2)3)20-9-8-19-15(22)13-6-5-7-14(17)10-13;/h5-7,10,12H,4,8-9,11H2,1-3H3,(H,19,22)(H2,18,20,21);1H. The molecule has 0 bridgehead atoms. The first-order chi connectivity index (χ1) is 10.5. The first-order valence-electron chi connectivity index (χ1n) is 7.59. The van der Waals surface area contributed by atoms with E-state index in [0.717, 1.165) is 23.5 Å². The van der Waals surface area contributed by atoms with Gasteiger partial charge in [0.1, 0.15) is 0 Å². The van der Waals surface area contributed by atoms with Gasteiger partial charge in [0.05, 0.1) is 0 Å². The topological polar surface area (TPSA) is 65.5 Å². The highest BCUT2D eigenvalue weighted by Crippen LogP contribution is 2.11. The van der Waals surface area contributed by atoms with E-state index in [-0.39, 0.29) is 29.9 Å². The van der Waals surface area contributed by atoms with Crippen LogP contribution in [0.1, 0.15) is 31.1 Å². The normalized spacial score (nSPS) is 10.9. The van der Waals surface area contributed by atoms with E-state index in [0.29, 0.717) is 24.6 Å². The molecule has 23 heavy (non-hydrogen) atoms. The smallest absolute Gasteiger partial charge is 0.251 e. The zero-order valence-corrected chi connectivity index (χ0v) is 17.8. The second-order valence-corrected chi connectivity index (χ2v) is 6.22. The van der Waals surface area contributed by atoms with E-state index >= 15 is 0 Å². The Morgan fingerprint density at radius 3 is 2.52 bits per heavy atom. The van der Waals surface area contributed by atoms with Crippen molar-refractivity contribution in [3.63, 3.8) is 0 Å². The van der Waals surface area contributed by atoms with Gasteiger partial charge in [-0.05, 0) is 31.0 Å². The molecule has 0 saturated heterocycles. The van der Waals surface area contributed by atoms with Crippen LogP contribution < -0.4 is 16.0 Å². The summed E-state index contributed by atoms with van der Waals surface area (Å²) >= 11 is 3.36. The van der Waals surface area contributed by atoms with E-state index in [4.69, 9.17) is 0 Å². The van der Waals surface area contributed by atoms with Gasteiger partial charge < -0.3 is 16.0 Å². The van der Waals surface area contributed by atoms with Crippen LogP contribution in [0.15, 0.2) is 33.7 Å². The summed E-state index contributed by atoms with van der Waals surface area (Å²) in [5.41, 5.74) is 0.648. The van der Waals surface area contributed by atoms with Gasteiger partial charge in [-0.1, -0.05) is 35.8 Å². The maximum absolute atomic E-state index is 12.0. The number of hydrogen-bond acceptors (Lipinski definition) is 2. The number of amides is 1. The van der Waals surface area contributed by atoms with Gasteiger partial charge in [-0.3, -0.25) is 9.79 Å². The molecule has 1 aromatic carbocycles. The van der Waals surface area contributed by atoms with Gasteiger partial charge >= 0.3 is 0 Å². The molecule has 1 amide bonds. The lowest BCUT2D eigenvalue weighted by Gasteiger charge is -2.12. The first kappa shape index (κ1) is 22.2. The summed E-state index contributed by atoms with van der Waals surface area (Å²) in [7, 11) is 0. The van der Waals surface area contributed by atoms with Crippen molar-refractivity contribution in [3.05, 3.63) is 34.3 Å². The number of carbonyl (C=O) groups excluding carboxylic acids is 1. The van der Waals surface area contributed by atoms with E-state index in [2.05, 4.69) is 50.7 Å².